The average molecular weight is 549 g/mol. The number of carbonyl (C=O) groups is 1. The number of halogens is 1. The summed E-state index contributed by atoms with van der Waals surface area (Å²) < 4.78 is 31.6. The van der Waals surface area contributed by atoms with E-state index in [9.17, 15) is 9.18 Å². The van der Waals surface area contributed by atoms with Crippen LogP contribution in [0.25, 0.3) is 23.5 Å². The van der Waals surface area contributed by atoms with Gasteiger partial charge in [-0.15, -0.1) is 0 Å². The molecule has 0 radical (unpaired) electrons. The Bertz CT molecular complexity index is 1610. The molecule has 0 bridgehead atoms. The van der Waals surface area contributed by atoms with Crippen LogP contribution in [-0.4, -0.2) is 17.6 Å². The van der Waals surface area contributed by atoms with Gasteiger partial charge < -0.3 is 19.3 Å². The standard InChI is InChI=1S/C34H29FN2O4/c1-2-36-34(38)30-20-33(41-37-30)29-19-27(16-13-24-14-17-28(35)18-15-24)31(39-22-25-9-5-3-6-10-25)21-32(29)40-23-26-11-7-4-8-12-26/h3-21H,2,22-23H2,1H3,(H,36,38)/b16-13+. The number of nitrogens with one attached hydrogen (secondary N) is 1. The van der Waals surface area contributed by atoms with Crippen LogP contribution in [-0.2, 0) is 13.2 Å². The third-order valence-electron chi connectivity index (χ3n) is 6.26. The van der Waals surface area contributed by atoms with E-state index in [0.29, 0.717) is 42.6 Å². The van der Waals surface area contributed by atoms with Crippen molar-refractivity contribution in [3.63, 3.8) is 0 Å². The second-order valence-corrected chi connectivity index (χ2v) is 9.26. The minimum absolute atomic E-state index is 0.170. The van der Waals surface area contributed by atoms with Gasteiger partial charge in [-0.25, -0.2) is 4.39 Å². The van der Waals surface area contributed by atoms with E-state index in [1.807, 2.05) is 91.9 Å². The lowest BCUT2D eigenvalue weighted by Gasteiger charge is -2.16. The van der Waals surface area contributed by atoms with Crippen molar-refractivity contribution in [2.45, 2.75) is 20.1 Å². The highest BCUT2D eigenvalue weighted by atomic mass is 19.1. The van der Waals surface area contributed by atoms with Crippen LogP contribution >= 0.6 is 0 Å². The number of rotatable bonds is 11. The Hall–Kier alpha value is -5.17. The van der Waals surface area contributed by atoms with Crippen molar-refractivity contribution in [1.82, 2.24) is 10.5 Å². The zero-order valence-corrected chi connectivity index (χ0v) is 22.5. The van der Waals surface area contributed by atoms with Crippen LogP contribution < -0.4 is 14.8 Å². The van der Waals surface area contributed by atoms with Gasteiger partial charge in [-0.3, -0.25) is 4.79 Å². The van der Waals surface area contributed by atoms with Gasteiger partial charge in [0.1, 0.15) is 30.5 Å². The van der Waals surface area contributed by atoms with Crippen molar-refractivity contribution < 1.29 is 23.2 Å². The molecule has 41 heavy (non-hydrogen) atoms. The zero-order valence-electron chi connectivity index (χ0n) is 22.5. The van der Waals surface area contributed by atoms with E-state index in [4.69, 9.17) is 14.0 Å². The summed E-state index contributed by atoms with van der Waals surface area (Å²) in [5, 5.41) is 6.71. The van der Waals surface area contributed by atoms with E-state index in [1.54, 1.807) is 18.2 Å². The lowest BCUT2D eigenvalue weighted by Crippen LogP contribution is -2.22. The molecule has 0 aliphatic carbocycles. The first kappa shape index (κ1) is 27.4. The molecule has 1 N–H and O–H groups in total. The van der Waals surface area contributed by atoms with Crippen LogP contribution in [0.5, 0.6) is 11.5 Å². The minimum Gasteiger partial charge on any atom is -0.488 e. The van der Waals surface area contributed by atoms with Gasteiger partial charge in [0.25, 0.3) is 5.91 Å². The molecule has 0 unspecified atom stereocenters. The predicted molar refractivity (Wildman–Crippen MR) is 157 cm³/mol. The third-order valence-corrected chi connectivity index (χ3v) is 6.26. The maximum Gasteiger partial charge on any atom is 0.273 e. The number of benzene rings is 4. The Morgan fingerprint density at radius 2 is 1.46 bits per heavy atom. The summed E-state index contributed by atoms with van der Waals surface area (Å²) in [7, 11) is 0. The molecule has 6 nitrogen and oxygen atoms in total. The van der Waals surface area contributed by atoms with E-state index in [1.165, 1.54) is 12.1 Å². The van der Waals surface area contributed by atoms with E-state index >= 15 is 0 Å². The van der Waals surface area contributed by atoms with E-state index in [2.05, 4.69) is 10.5 Å². The minimum atomic E-state index is -0.325. The molecule has 0 atom stereocenters. The van der Waals surface area contributed by atoms with E-state index in [0.717, 1.165) is 22.3 Å². The maximum atomic E-state index is 13.5. The molecule has 1 heterocycles. The number of aromatic nitrogens is 1. The lowest BCUT2D eigenvalue weighted by atomic mass is 10.0. The topological polar surface area (TPSA) is 73.6 Å². The van der Waals surface area contributed by atoms with Crippen LogP contribution in [0.1, 0.15) is 39.7 Å². The molecule has 5 aromatic rings. The molecule has 206 valence electrons. The second-order valence-electron chi connectivity index (χ2n) is 9.26. The van der Waals surface area contributed by atoms with Gasteiger partial charge in [0.05, 0.1) is 5.56 Å². The highest BCUT2D eigenvalue weighted by Gasteiger charge is 2.19. The van der Waals surface area contributed by atoms with Crippen molar-refractivity contribution in [3.05, 3.63) is 137 Å². The zero-order chi connectivity index (χ0) is 28.4. The Kier molecular flexibility index (Phi) is 8.86. The number of nitrogens with zero attached hydrogens (tertiary/aromatic N) is 1. The molecule has 7 heteroatoms. The molecule has 0 saturated carbocycles. The molecule has 4 aromatic carbocycles. The summed E-state index contributed by atoms with van der Waals surface area (Å²) in [4.78, 5) is 12.4. The Balaban J connectivity index is 1.56. The summed E-state index contributed by atoms with van der Waals surface area (Å²) in [6, 6.07) is 31.2. The highest BCUT2D eigenvalue weighted by Crippen LogP contribution is 2.38. The fraction of sp³-hybridized carbons (Fsp3) is 0.118. The molecular formula is C34H29FN2O4. The van der Waals surface area contributed by atoms with Crippen LogP contribution in [0.15, 0.2) is 108 Å². The third kappa shape index (κ3) is 7.28. The van der Waals surface area contributed by atoms with Crippen LogP contribution in [0.2, 0.25) is 0 Å². The fourth-order valence-electron chi connectivity index (χ4n) is 4.14. The van der Waals surface area contributed by atoms with Gasteiger partial charge in [0.15, 0.2) is 11.5 Å². The largest absolute Gasteiger partial charge is 0.488 e. The van der Waals surface area contributed by atoms with Crippen LogP contribution in [0.4, 0.5) is 4.39 Å². The molecular weight excluding hydrogens is 519 g/mol. The summed E-state index contributed by atoms with van der Waals surface area (Å²) in [6.07, 6.45) is 3.76. The Morgan fingerprint density at radius 1 is 0.829 bits per heavy atom. The summed E-state index contributed by atoms with van der Waals surface area (Å²) in [6.45, 7) is 2.97. The summed E-state index contributed by atoms with van der Waals surface area (Å²) in [5.74, 6) is 0.843. The fourth-order valence-corrected chi connectivity index (χ4v) is 4.14. The van der Waals surface area contributed by atoms with Gasteiger partial charge >= 0.3 is 0 Å². The number of hydrogen-bond acceptors (Lipinski definition) is 5. The van der Waals surface area contributed by atoms with Crippen LogP contribution in [0, 0.1) is 5.82 Å². The van der Waals surface area contributed by atoms with Crippen molar-refractivity contribution >= 4 is 18.1 Å². The Morgan fingerprint density at radius 3 is 2.10 bits per heavy atom. The Labute approximate surface area is 238 Å². The number of amides is 1. The monoisotopic (exact) mass is 548 g/mol. The second kappa shape index (κ2) is 13.3. The summed E-state index contributed by atoms with van der Waals surface area (Å²) in [5.41, 5.74) is 4.34. The van der Waals surface area contributed by atoms with Gasteiger partial charge in [-0.2, -0.15) is 0 Å². The van der Waals surface area contributed by atoms with E-state index < -0.39 is 0 Å². The van der Waals surface area contributed by atoms with Gasteiger partial charge in [-0.05, 0) is 41.8 Å². The molecule has 1 aromatic heterocycles. The van der Waals surface area contributed by atoms with E-state index in [-0.39, 0.29) is 17.4 Å². The van der Waals surface area contributed by atoms with Crippen molar-refractivity contribution in [1.29, 1.82) is 0 Å². The maximum absolute atomic E-state index is 13.5. The average Bonchev–Trinajstić information content (AvgIpc) is 3.50. The molecule has 0 aliphatic heterocycles. The number of ether oxygens (including phenoxy) is 2. The normalized spacial score (nSPS) is 11.0. The molecule has 5 rings (SSSR count). The van der Waals surface area contributed by atoms with Crippen molar-refractivity contribution in [2.24, 2.45) is 0 Å². The molecule has 0 spiro atoms. The molecule has 0 saturated heterocycles. The van der Waals surface area contributed by atoms with Gasteiger partial charge in [0, 0.05) is 24.2 Å². The summed E-state index contributed by atoms with van der Waals surface area (Å²) >= 11 is 0. The molecule has 0 fully saturated rings. The number of hydrogen-bond donors (Lipinski definition) is 1. The first-order chi connectivity index (χ1) is 20.1. The van der Waals surface area contributed by atoms with Crippen LogP contribution in [0.3, 0.4) is 0 Å². The van der Waals surface area contributed by atoms with Gasteiger partial charge in [0.2, 0.25) is 0 Å². The smallest absolute Gasteiger partial charge is 0.273 e. The molecule has 1 amide bonds. The number of carbonyl (C=O) groups excluding carboxylic acids is 1. The van der Waals surface area contributed by atoms with Gasteiger partial charge in [-0.1, -0.05) is 90.1 Å². The van der Waals surface area contributed by atoms with Crippen molar-refractivity contribution in [3.8, 4) is 22.8 Å². The molecule has 0 aliphatic rings. The first-order valence-electron chi connectivity index (χ1n) is 13.3. The quantitative estimate of drug-likeness (QED) is 0.173. The van der Waals surface area contributed by atoms with Crippen molar-refractivity contribution in [2.75, 3.05) is 6.54 Å². The SMILES string of the molecule is CCNC(=O)c1cc(-c2cc(/C=C/c3ccc(F)cc3)c(OCc3ccccc3)cc2OCc2ccccc2)on1. The lowest BCUT2D eigenvalue weighted by molar-refractivity contribution is 0.0947. The highest BCUT2D eigenvalue weighted by molar-refractivity contribution is 5.93. The predicted octanol–water partition coefficient (Wildman–Crippen LogP) is 7.56. The first-order valence-corrected chi connectivity index (χ1v) is 13.3.